The van der Waals surface area contributed by atoms with Gasteiger partial charge >= 0.3 is 0 Å². The maximum atomic E-state index is 11.0. The van der Waals surface area contributed by atoms with Gasteiger partial charge in [-0.05, 0) is 18.4 Å². The average molecular weight is 253 g/mol. The Bertz CT molecular complexity index is 219. The van der Waals surface area contributed by atoms with Crippen LogP contribution in [0.15, 0.2) is 12.7 Å². The summed E-state index contributed by atoms with van der Waals surface area (Å²) < 4.78 is 0. The molecule has 0 aliphatic carbocycles. The Hall–Kier alpha value is -0.790. The van der Waals surface area contributed by atoms with Crippen molar-refractivity contribution in [3.8, 4) is 0 Å². The Kier molecular flexibility index (Phi) is 10.8. The van der Waals surface area contributed by atoms with Crippen molar-refractivity contribution in [2.45, 2.75) is 65.7 Å². The summed E-state index contributed by atoms with van der Waals surface area (Å²) in [7, 11) is 0. The molecule has 1 unspecified atom stereocenters. The number of amides is 1. The molecule has 2 heteroatoms. The van der Waals surface area contributed by atoms with Crippen LogP contribution >= 0.6 is 0 Å². The average Bonchev–Trinajstić information content (AvgIpc) is 2.81. The van der Waals surface area contributed by atoms with E-state index in [2.05, 4.69) is 27.4 Å². The third-order valence-corrected chi connectivity index (χ3v) is 3.37. The highest BCUT2D eigenvalue weighted by Gasteiger charge is 2.20. The second kappa shape index (κ2) is 11.3. The van der Waals surface area contributed by atoms with E-state index in [-0.39, 0.29) is 5.91 Å². The fourth-order valence-corrected chi connectivity index (χ4v) is 2.12. The van der Waals surface area contributed by atoms with E-state index in [0.29, 0.717) is 5.92 Å². The largest absolute Gasteiger partial charge is 0.339 e. The molecule has 0 radical (unpaired) electrons. The molecule has 1 saturated heterocycles. The molecule has 1 fully saturated rings. The molecule has 0 saturated carbocycles. The molecule has 1 atom stereocenters. The molecule has 1 rings (SSSR count). The number of hydrogen-bond acceptors (Lipinski definition) is 1. The van der Waals surface area contributed by atoms with Crippen LogP contribution in [-0.4, -0.2) is 23.9 Å². The molecule has 106 valence electrons. The van der Waals surface area contributed by atoms with Crippen molar-refractivity contribution in [3.63, 3.8) is 0 Å². The molecule has 0 aromatic rings. The molecule has 0 aromatic carbocycles. The molecule has 18 heavy (non-hydrogen) atoms. The Morgan fingerprint density at radius 3 is 2.11 bits per heavy atom. The van der Waals surface area contributed by atoms with E-state index >= 15 is 0 Å². The molecule has 0 N–H and O–H groups in total. The van der Waals surface area contributed by atoms with Gasteiger partial charge in [-0.15, -0.1) is 0 Å². The summed E-state index contributed by atoms with van der Waals surface area (Å²) in [5, 5.41) is 0. The lowest BCUT2D eigenvalue weighted by molar-refractivity contribution is -0.125. The van der Waals surface area contributed by atoms with Gasteiger partial charge in [-0.1, -0.05) is 65.9 Å². The molecular formula is C16H31NO. The van der Waals surface area contributed by atoms with Gasteiger partial charge < -0.3 is 4.90 Å². The fourth-order valence-electron chi connectivity index (χ4n) is 2.12. The lowest BCUT2D eigenvalue weighted by atomic mass is 10.1. The van der Waals surface area contributed by atoms with Crippen molar-refractivity contribution in [1.29, 1.82) is 0 Å². The summed E-state index contributed by atoms with van der Waals surface area (Å²) >= 11 is 0. The summed E-state index contributed by atoms with van der Waals surface area (Å²) in [4.78, 5) is 12.8. The van der Waals surface area contributed by atoms with Crippen molar-refractivity contribution in [1.82, 2.24) is 4.90 Å². The summed E-state index contributed by atoms with van der Waals surface area (Å²) in [6, 6.07) is 0. The van der Waals surface area contributed by atoms with E-state index in [1.165, 1.54) is 44.6 Å². The van der Waals surface area contributed by atoms with Crippen LogP contribution in [0.4, 0.5) is 0 Å². The van der Waals surface area contributed by atoms with E-state index in [1.54, 1.807) is 0 Å². The van der Waals surface area contributed by atoms with Gasteiger partial charge in [0.15, 0.2) is 0 Å². The second-order valence-corrected chi connectivity index (χ2v) is 5.30. The maximum absolute atomic E-state index is 11.0. The van der Waals surface area contributed by atoms with E-state index in [1.807, 2.05) is 4.90 Å². The van der Waals surface area contributed by atoms with Gasteiger partial charge in [0.1, 0.15) is 0 Å². The normalized spacial score (nSPS) is 18.2. The van der Waals surface area contributed by atoms with Crippen LogP contribution in [0.25, 0.3) is 0 Å². The Morgan fingerprint density at radius 2 is 1.78 bits per heavy atom. The minimum atomic E-state index is 0.0735. The predicted octanol–water partition coefficient (Wildman–Crippen LogP) is 4.41. The molecular weight excluding hydrogens is 222 g/mol. The molecule has 1 amide bonds. The Labute approximate surface area is 113 Å². The highest BCUT2D eigenvalue weighted by atomic mass is 16.2. The van der Waals surface area contributed by atoms with Crippen LogP contribution in [0.1, 0.15) is 65.7 Å². The number of likely N-dealkylation sites (tertiary alicyclic amines) is 1. The quantitative estimate of drug-likeness (QED) is 0.507. The van der Waals surface area contributed by atoms with Gasteiger partial charge in [0.05, 0.1) is 0 Å². The lowest BCUT2D eigenvalue weighted by Crippen LogP contribution is -2.26. The first-order valence-corrected chi connectivity index (χ1v) is 7.57. The first kappa shape index (κ1) is 17.2. The number of rotatable bonds is 6. The van der Waals surface area contributed by atoms with Gasteiger partial charge in [-0.3, -0.25) is 4.79 Å². The molecule has 0 spiro atoms. The number of carbonyl (C=O) groups excluding carboxylic acids is 1. The number of hydrogen-bond donors (Lipinski definition) is 0. The van der Waals surface area contributed by atoms with Crippen LogP contribution < -0.4 is 0 Å². The number of nitrogens with zero attached hydrogens (tertiary/aromatic N) is 1. The predicted molar refractivity (Wildman–Crippen MR) is 79.6 cm³/mol. The number of carbonyl (C=O) groups is 1. The van der Waals surface area contributed by atoms with E-state index in [9.17, 15) is 4.79 Å². The number of unbranched alkanes of at least 4 members (excludes halogenated alkanes) is 5. The molecule has 1 heterocycles. The van der Waals surface area contributed by atoms with Gasteiger partial charge in [-0.2, -0.15) is 0 Å². The minimum Gasteiger partial charge on any atom is -0.339 e. The summed E-state index contributed by atoms with van der Waals surface area (Å²) in [5.74, 6) is 0.744. The first-order chi connectivity index (χ1) is 8.65. The zero-order valence-electron chi connectivity index (χ0n) is 12.6. The Balaban J connectivity index is 0.000000331. The van der Waals surface area contributed by atoms with Crippen molar-refractivity contribution >= 4 is 5.91 Å². The SMILES string of the molecule is C=CC(=O)N1CCC(C)C1.CCCCCCCC. The molecule has 2 nitrogen and oxygen atoms in total. The van der Waals surface area contributed by atoms with Crippen molar-refractivity contribution < 1.29 is 4.79 Å². The first-order valence-electron chi connectivity index (χ1n) is 7.57. The van der Waals surface area contributed by atoms with Gasteiger partial charge in [0, 0.05) is 13.1 Å². The summed E-state index contributed by atoms with van der Waals surface area (Å²) in [6.07, 6.45) is 11.0. The van der Waals surface area contributed by atoms with Crippen molar-refractivity contribution in [2.24, 2.45) is 5.92 Å². The smallest absolute Gasteiger partial charge is 0.245 e. The highest BCUT2D eigenvalue weighted by molar-refractivity contribution is 5.87. The van der Waals surface area contributed by atoms with Crippen molar-refractivity contribution in [3.05, 3.63) is 12.7 Å². The van der Waals surface area contributed by atoms with Crippen LogP contribution in [0, 0.1) is 5.92 Å². The Morgan fingerprint density at radius 1 is 1.22 bits per heavy atom. The molecule has 0 aromatic heterocycles. The van der Waals surface area contributed by atoms with Crippen LogP contribution in [0.3, 0.4) is 0 Å². The molecule has 0 bridgehead atoms. The van der Waals surface area contributed by atoms with E-state index < -0.39 is 0 Å². The third-order valence-electron chi connectivity index (χ3n) is 3.37. The van der Waals surface area contributed by atoms with Gasteiger partial charge in [-0.25, -0.2) is 0 Å². The lowest BCUT2D eigenvalue weighted by Gasteiger charge is -2.11. The van der Waals surface area contributed by atoms with Gasteiger partial charge in [0.2, 0.25) is 5.91 Å². The summed E-state index contributed by atoms with van der Waals surface area (Å²) in [5.41, 5.74) is 0. The van der Waals surface area contributed by atoms with E-state index in [0.717, 1.165) is 19.5 Å². The summed E-state index contributed by atoms with van der Waals surface area (Å²) in [6.45, 7) is 11.9. The molecule has 1 aliphatic rings. The minimum absolute atomic E-state index is 0.0735. The zero-order valence-corrected chi connectivity index (χ0v) is 12.6. The van der Waals surface area contributed by atoms with Crippen molar-refractivity contribution in [2.75, 3.05) is 13.1 Å². The second-order valence-electron chi connectivity index (χ2n) is 5.30. The topological polar surface area (TPSA) is 20.3 Å². The highest BCUT2D eigenvalue weighted by Crippen LogP contribution is 2.14. The monoisotopic (exact) mass is 253 g/mol. The molecule has 1 aliphatic heterocycles. The third kappa shape index (κ3) is 8.32. The van der Waals surface area contributed by atoms with Crippen LogP contribution in [0.2, 0.25) is 0 Å². The van der Waals surface area contributed by atoms with Crippen LogP contribution in [0.5, 0.6) is 0 Å². The zero-order chi connectivity index (χ0) is 13.8. The van der Waals surface area contributed by atoms with Gasteiger partial charge in [0.25, 0.3) is 0 Å². The maximum Gasteiger partial charge on any atom is 0.245 e. The fraction of sp³-hybridized carbons (Fsp3) is 0.812. The van der Waals surface area contributed by atoms with Crippen LogP contribution in [-0.2, 0) is 4.79 Å². The standard InChI is InChI=1S/C8H13NO.C8H18/c1-3-8(10)9-5-4-7(2)6-9;1-3-5-7-8-6-4-2/h3,7H,1,4-6H2,2H3;3-8H2,1-2H3. The van der Waals surface area contributed by atoms with E-state index in [4.69, 9.17) is 0 Å².